The highest BCUT2D eigenvalue weighted by molar-refractivity contribution is 5.39. The third-order valence-electron chi connectivity index (χ3n) is 4.33. The zero-order chi connectivity index (χ0) is 14.4. The molecule has 1 aromatic carbocycles. The normalized spacial score (nSPS) is 21.4. The topological polar surface area (TPSA) is 30.5 Å². The molecule has 1 atom stereocenters. The highest BCUT2D eigenvalue weighted by Crippen LogP contribution is 2.35. The summed E-state index contributed by atoms with van der Waals surface area (Å²) in [5, 5.41) is 3.65. The molecule has 0 heterocycles. The average Bonchev–Trinajstić information content (AvgIpc) is 2.45. The van der Waals surface area contributed by atoms with E-state index < -0.39 is 0 Å². The van der Waals surface area contributed by atoms with Gasteiger partial charge in [0, 0.05) is 12.6 Å². The average molecular weight is 277 g/mol. The van der Waals surface area contributed by atoms with Crippen molar-refractivity contribution in [2.45, 2.75) is 45.6 Å². The molecule has 1 aliphatic rings. The Morgan fingerprint density at radius 1 is 1.20 bits per heavy atom. The Bertz CT molecular complexity index is 417. The summed E-state index contributed by atoms with van der Waals surface area (Å²) in [5.74, 6) is 1.62. The van der Waals surface area contributed by atoms with Crippen LogP contribution in [0.3, 0.4) is 0 Å². The van der Waals surface area contributed by atoms with Crippen molar-refractivity contribution in [3.8, 4) is 11.5 Å². The Labute approximate surface area is 122 Å². The van der Waals surface area contributed by atoms with Gasteiger partial charge in [0.25, 0.3) is 0 Å². The molecule has 3 heteroatoms. The first-order valence-electron chi connectivity index (χ1n) is 7.63. The summed E-state index contributed by atoms with van der Waals surface area (Å²) in [4.78, 5) is 0. The molecule has 0 aliphatic heterocycles. The molecular weight excluding hydrogens is 250 g/mol. The molecule has 1 N–H and O–H groups in total. The van der Waals surface area contributed by atoms with Gasteiger partial charge in [-0.1, -0.05) is 38.8 Å². The van der Waals surface area contributed by atoms with Crippen LogP contribution in [0.15, 0.2) is 24.3 Å². The van der Waals surface area contributed by atoms with E-state index in [1.54, 1.807) is 7.11 Å². The molecule has 1 aliphatic carbocycles. The fourth-order valence-corrected chi connectivity index (χ4v) is 3.00. The van der Waals surface area contributed by atoms with E-state index in [9.17, 15) is 0 Å². The van der Waals surface area contributed by atoms with Crippen LogP contribution in [-0.4, -0.2) is 26.3 Å². The SMILES string of the molecule is COc1ccccc1OCCNC1CCCCC1(C)C. The van der Waals surface area contributed by atoms with Crippen LogP contribution in [0.25, 0.3) is 0 Å². The summed E-state index contributed by atoms with van der Waals surface area (Å²) in [5.41, 5.74) is 0.405. The molecular formula is C17H27NO2. The van der Waals surface area contributed by atoms with Crippen LogP contribution in [0, 0.1) is 5.41 Å². The second kappa shape index (κ2) is 6.98. The van der Waals surface area contributed by atoms with E-state index in [0.29, 0.717) is 18.1 Å². The van der Waals surface area contributed by atoms with Gasteiger partial charge in [-0.15, -0.1) is 0 Å². The molecule has 1 aromatic rings. The quantitative estimate of drug-likeness (QED) is 0.805. The molecule has 1 unspecified atom stereocenters. The number of hydrogen-bond donors (Lipinski definition) is 1. The number of benzene rings is 1. The lowest BCUT2D eigenvalue weighted by atomic mass is 9.73. The molecule has 1 fully saturated rings. The Balaban J connectivity index is 1.76. The van der Waals surface area contributed by atoms with Crippen LogP contribution >= 0.6 is 0 Å². The summed E-state index contributed by atoms with van der Waals surface area (Å²) >= 11 is 0. The van der Waals surface area contributed by atoms with E-state index in [0.717, 1.165) is 18.0 Å². The third kappa shape index (κ3) is 3.89. The van der Waals surface area contributed by atoms with Gasteiger partial charge in [-0.05, 0) is 30.4 Å². The number of ether oxygens (including phenoxy) is 2. The minimum atomic E-state index is 0.405. The summed E-state index contributed by atoms with van der Waals surface area (Å²) in [6.07, 6.45) is 5.30. The van der Waals surface area contributed by atoms with Gasteiger partial charge in [0.15, 0.2) is 11.5 Å². The molecule has 0 spiro atoms. The molecule has 2 rings (SSSR count). The zero-order valence-corrected chi connectivity index (χ0v) is 12.9. The smallest absolute Gasteiger partial charge is 0.161 e. The van der Waals surface area contributed by atoms with Crippen LogP contribution in [0.2, 0.25) is 0 Å². The number of methoxy groups -OCH3 is 1. The number of rotatable bonds is 6. The van der Waals surface area contributed by atoms with E-state index in [2.05, 4.69) is 19.2 Å². The standard InChI is InChI=1S/C17H27NO2/c1-17(2)11-7-6-10-16(17)18-12-13-20-15-9-5-4-8-14(15)19-3/h4-5,8-9,16,18H,6-7,10-13H2,1-3H3. The van der Waals surface area contributed by atoms with Crippen molar-refractivity contribution in [2.75, 3.05) is 20.3 Å². The fraction of sp³-hybridized carbons (Fsp3) is 0.647. The molecule has 0 saturated heterocycles. The molecule has 112 valence electrons. The Hall–Kier alpha value is -1.22. The van der Waals surface area contributed by atoms with Gasteiger partial charge in [-0.2, -0.15) is 0 Å². The maximum absolute atomic E-state index is 5.80. The largest absolute Gasteiger partial charge is 0.493 e. The van der Waals surface area contributed by atoms with Gasteiger partial charge in [-0.3, -0.25) is 0 Å². The fourth-order valence-electron chi connectivity index (χ4n) is 3.00. The summed E-state index contributed by atoms with van der Waals surface area (Å²) in [6.45, 7) is 6.29. The van der Waals surface area contributed by atoms with Crippen molar-refractivity contribution in [2.24, 2.45) is 5.41 Å². The Morgan fingerprint density at radius 2 is 1.95 bits per heavy atom. The highest BCUT2D eigenvalue weighted by Gasteiger charge is 2.31. The first-order chi connectivity index (χ1) is 9.63. The first kappa shape index (κ1) is 15.2. The van der Waals surface area contributed by atoms with Gasteiger partial charge in [0.1, 0.15) is 6.61 Å². The monoisotopic (exact) mass is 277 g/mol. The predicted molar refractivity (Wildman–Crippen MR) is 82.5 cm³/mol. The van der Waals surface area contributed by atoms with Crippen LogP contribution in [0.1, 0.15) is 39.5 Å². The number of hydrogen-bond acceptors (Lipinski definition) is 3. The summed E-state index contributed by atoms with van der Waals surface area (Å²) in [6, 6.07) is 8.40. The summed E-state index contributed by atoms with van der Waals surface area (Å²) < 4.78 is 11.1. The van der Waals surface area contributed by atoms with Crippen LogP contribution in [0.5, 0.6) is 11.5 Å². The van der Waals surface area contributed by atoms with Gasteiger partial charge in [0.05, 0.1) is 7.11 Å². The maximum Gasteiger partial charge on any atom is 0.161 e. The minimum Gasteiger partial charge on any atom is -0.493 e. The van der Waals surface area contributed by atoms with Gasteiger partial charge in [-0.25, -0.2) is 0 Å². The van der Waals surface area contributed by atoms with Crippen LogP contribution in [-0.2, 0) is 0 Å². The van der Waals surface area contributed by atoms with Crippen molar-refractivity contribution >= 4 is 0 Å². The van der Waals surface area contributed by atoms with E-state index in [4.69, 9.17) is 9.47 Å². The molecule has 3 nitrogen and oxygen atoms in total. The lowest BCUT2D eigenvalue weighted by molar-refractivity contribution is 0.160. The number of para-hydroxylation sites is 2. The predicted octanol–water partition coefficient (Wildman–Crippen LogP) is 3.63. The van der Waals surface area contributed by atoms with Gasteiger partial charge < -0.3 is 14.8 Å². The van der Waals surface area contributed by atoms with Gasteiger partial charge in [0.2, 0.25) is 0 Å². The van der Waals surface area contributed by atoms with Crippen molar-refractivity contribution in [3.63, 3.8) is 0 Å². The minimum absolute atomic E-state index is 0.405. The molecule has 0 amide bonds. The zero-order valence-electron chi connectivity index (χ0n) is 12.9. The van der Waals surface area contributed by atoms with Crippen molar-refractivity contribution < 1.29 is 9.47 Å². The molecule has 0 bridgehead atoms. The molecule has 0 radical (unpaired) electrons. The molecule has 20 heavy (non-hydrogen) atoms. The van der Waals surface area contributed by atoms with E-state index >= 15 is 0 Å². The van der Waals surface area contributed by atoms with E-state index in [1.807, 2.05) is 24.3 Å². The first-order valence-corrected chi connectivity index (χ1v) is 7.63. The molecule has 1 saturated carbocycles. The third-order valence-corrected chi connectivity index (χ3v) is 4.33. The maximum atomic E-state index is 5.80. The van der Waals surface area contributed by atoms with Crippen molar-refractivity contribution in [1.82, 2.24) is 5.32 Å². The van der Waals surface area contributed by atoms with Crippen LogP contribution < -0.4 is 14.8 Å². The van der Waals surface area contributed by atoms with Crippen LogP contribution in [0.4, 0.5) is 0 Å². The lowest BCUT2D eigenvalue weighted by Gasteiger charge is -2.39. The second-order valence-electron chi connectivity index (χ2n) is 6.24. The number of nitrogens with one attached hydrogen (secondary N) is 1. The van der Waals surface area contributed by atoms with E-state index in [1.165, 1.54) is 25.7 Å². The van der Waals surface area contributed by atoms with Crippen molar-refractivity contribution in [1.29, 1.82) is 0 Å². The lowest BCUT2D eigenvalue weighted by Crippen LogP contribution is -2.45. The highest BCUT2D eigenvalue weighted by atomic mass is 16.5. The van der Waals surface area contributed by atoms with E-state index in [-0.39, 0.29) is 0 Å². The van der Waals surface area contributed by atoms with Gasteiger partial charge >= 0.3 is 0 Å². The second-order valence-corrected chi connectivity index (χ2v) is 6.24. The summed E-state index contributed by atoms with van der Waals surface area (Å²) in [7, 11) is 1.67. The molecule has 0 aromatic heterocycles. The Morgan fingerprint density at radius 3 is 2.65 bits per heavy atom. The Kier molecular flexibility index (Phi) is 5.30. The van der Waals surface area contributed by atoms with Crippen molar-refractivity contribution in [3.05, 3.63) is 24.3 Å².